The highest BCUT2D eigenvalue weighted by atomic mass is 16.2. The fraction of sp³-hybridized carbons (Fsp3) is 0.700. The molecule has 3 unspecified atom stereocenters. The van der Waals surface area contributed by atoms with E-state index in [1.807, 2.05) is 6.07 Å². The number of fused-ring (bicyclic) bond motifs is 1. The van der Waals surface area contributed by atoms with Crippen LogP contribution in [0.15, 0.2) is 0 Å². The van der Waals surface area contributed by atoms with Crippen LogP contribution in [-0.2, 0) is 9.59 Å². The van der Waals surface area contributed by atoms with Crippen molar-refractivity contribution in [2.45, 2.75) is 25.7 Å². The van der Waals surface area contributed by atoms with Gasteiger partial charge in [0.2, 0.25) is 11.8 Å². The SMILES string of the molecule is N#CC1C(=O)NC(=O)C2CCCCC12. The van der Waals surface area contributed by atoms with Crippen molar-refractivity contribution in [3.05, 3.63) is 0 Å². The molecule has 1 N–H and O–H groups in total. The molecule has 74 valence electrons. The maximum absolute atomic E-state index is 11.5. The average Bonchev–Trinajstić information content (AvgIpc) is 2.18. The van der Waals surface area contributed by atoms with E-state index in [0.29, 0.717) is 0 Å². The third-order valence-corrected chi connectivity index (χ3v) is 3.25. The summed E-state index contributed by atoms with van der Waals surface area (Å²) in [4.78, 5) is 22.8. The van der Waals surface area contributed by atoms with Gasteiger partial charge in [0, 0.05) is 5.92 Å². The Kier molecular flexibility index (Phi) is 2.24. The molecule has 4 heteroatoms. The van der Waals surface area contributed by atoms with Crippen molar-refractivity contribution in [3.63, 3.8) is 0 Å². The van der Waals surface area contributed by atoms with E-state index in [-0.39, 0.29) is 17.7 Å². The van der Waals surface area contributed by atoms with Crippen LogP contribution in [0.25, 0.3) is 0 Å². The number of nitrogens with zero attached hydrogens (tertiary/aromatic N) is 1. The van der Waals surface area contributed by atoms with E-state index in [4.69, 9.17) is 5.26 Å². The normalized spacial score (nSPS) is 36.9. The summed E-state index contributed by atoms with van der Waals surface area (Å²) in [6.07, 6.45) is 3.71. The number of hydrogen-bond acceptors (Lipinski definition) is 3. The van der Waals surface area contributed by atoms with E-state index >= 15 is 0 Å². The lowest BCUT2D eigenvalue weighted by molar-refractivity contribution is -0.143. The molecule has 0 aromatic heterocycles. The van der Waals surface area contributed by atoms with Gasteiger partial charge in [-0.25, -0.2) is 0 Å². The monoisotopic (exact) mass is 192 g/mol. The van der Waals surface area contributed by atoms with Crippen molar-refractivity contribution in [3.8, 4) is 6.07 Å². The molecular formula is C10H12N2O2. The molecule has 0 radical (unpaired) electrons. The van der Waals surface area contributed by atoms with Crippen LogP contribution in [0.5, 0.6) is 0 Å². The van der Waals surface area contributed by atoms with Crippen molar-refractivity contribution in [2.24, 2.45) is 17.8 Å². The molecule has 1 saturated heterocycles. The molecule has 0 bridgehead atoms. The van der Waals surface area contributed by atoms with E-state index in [0.717, 1.165) is 25.7 Å². The number of carbonyl (C=O) groups excluding carboxylic acids is 2. The maximum Gasteiger partial charge on any atom is 0.244 e. The minimum absolute atomic E-state index is 0.0324. The summed E-state index contributed by atoms with van der Waals surface area (Å²) < 4.78 is 0. The lowest BCUT2D eigenvalue weighted by atomic mass is 9.70. The number of carbonyl (C=O) groups is 2. The number of piperidine rings is 1. The zero-order valence-corrected chi connectivity index (χ0v) is 7.82. The zero-order chi connectivity index (χ0) is 10.1. The van der Waals surface area contributed by atoms with Gasteiger partial charge in [0.25, 0.3) is 0 Å². The molecule has 1 aliphatic carbocycles. The lowest BCUT2D eigenvalue weighted by Crippen LogP contribution is -2.52. The van der Waals surface area contributed by atoms with E-state index in [1.165, 1.54) is 0 Å². The van der Waals surface area contributed by atoms with Crippen molar-refractivity contribution in [2.75, 3.05) is 0 Å². The van der Waals surface area contributed by atoms with Crippen LogP contribution < -0.4 is 5.32 Å². The Labute approximate surface area is 82.3 Å². The molecular weight excluding hydrogens is 180 g/mol. The number of hydrogen-bond donors (Lipinski definition) is 1. The molecule has 0 spiro atoms. The number of nitriles is 1. The number of rotatable bonds is 0. The zero-order valence-electron chi connectivity index (χ0n) is 7.82. The lowest BCUT2D eigenvalue weighted by Gasteiger charge is -2.36. The van der Waals surface area contributed by atoms with Gasteiger partial charge in [-0.05, 0) is 18.8 Å². The fourth-order valence-electron chi connectivity index (χ4n) is 2.52. The summed E-state index contributed by atoms with van der Waals surface area (Å²) in [5.74, 6) is -1.33. The van der Waals surface area contributed by atoms with Crippen molar-refractivity contribution >= 4 is 11.8 Å². The van der Waals surface area contributed by atoms with Gasteiger partial charge in [-0.15, -0.1) is 0 Å². The average molecular weight is 192 g/mol. The van der Waals surface area contributed by atoms with Crippen LogP contribution in [0.2, 0.25) is 0 Å². The molecule has 2 rings (SSSR count). The van der Waals surface area contributed by atoms with E-state index < -0.39 is 11.8 Å². The second-order valence-electron chi connectivity index (χ2n) is 4.02. The fourth-order valence-corrected chi connectivity index (χ4v) is 2.52. The minimum Gasteiger partial charge on any atom is -0.295 e. The van der Waals surface area contributed by atoms with E-state index in [1.54, 1.807) is 0 Å². The van der Waals surface area contributed by atoms with E-state index in [2.05, 4.69) is 5.32 Å². The van der Waals surface area contributed by atoms with Crippen molar-refractivity contribution in [1.82, 2.24) is 5.32 Å². The molecule has 2 fully saturated rings. The molecule has 2 amide bonds. The highest BCUT2D eigenvalue weighted by Gasteiger charge is 2.44. The summed E-state index contributed by atoms with van der Waals surface area (Å²) in [7, 11) is 0. The number of imide groups is 1. The maximum atomic E-state index is 11.5. The van der Waals surface area contributed by atoms with Gasteiger partial charge in [0.1, 0.15) is 5.92 Å². The van der Waals surface area contributed by atoms with Gasteiger partial charge < -0.3 is 0 Å². The molecule has 1 heterocycles. The van der Waals surface area contributed by atoms with E-state index in [9.17, 15) is 9.59 Å². The molecule has 0 aromatic rings. The first-order chi connectivity index (χ1) is 6.74. The Morgan fingerprint density at radius 1 is 1.21 bits per heavy atom. The van der Waals surface area contributed by atoms with Crippen LogP contribution >= 0.6 is 0 Å². The Bertz CT molecular complexity index is 319. The van der Waals surface area contributed by atoms with Gasteiger partial charge >= 0.3 is 0 Å². The van der Waals surface area contributed by atoms with Gasteiger partial charge in [-0.3, -0.25) is 14.9 Å². The molecule has 1 saturated carbocycles. The van der Waals surface area contributed by atoms with Crippen LogP contribution in [0.1, 0.15) is 25.7 Å². The molecule has 4 nitrogen and oxygen atoms in total. The molecule has 14 heavy (non-hydrogen) atoms. The third kappa shape index (κ3) is 1.29. The molecule has 0 aromatic carbocycles. The Balaban J connectivity index is 2.25. The van der Waals surface area contributed by atoms with Gasteiger partial charge in [0.05, 0.1) is 6.07 Å². The molecule has 1 aliphatic heterocycles. The summed E-state index contributed by atoms with van der Waals surface area (Å²) in [5.41, 5.74) is 0. The topological polar surface area (TPSA) is 70.0 Å². The van der Waals surface area contributed by atoms with Gasteiger partial charge in [-0.1, -0.05) is 12.8 Å². The Hall–Kier alpha value is -1.37. The molecule has 2 aliphatic rings. The largest absolute Gasteiger partial charge is 0.295 e. The predicted molar refractivity (Wildman–Crippen MR) is 47.7 cm³/mol. The first-order valence-electron chi connectivity index (χ1n) is 4.98. The van der Waals surface area contributed by atoms with Crippen LogP contribution in [0.3, 0.4) is 0 Å². The minimum atomic E-state index is -0.613. The first kappa shape index (κ1) is 9.20. The third-order valence-electron chi connectivity index (χ3n) is 3.25. The van der Waals surface area contributed by atoms with Crippen molar-refractivity contribution < 1.29 is 9.59 Å². The van der Waals surface area contributed by atoms with Crippen molar-refractivity contribution in [1.29, 1.82) is 5.26 Å². The summed E-state index contributed by atoms with van der Waals surface area (Å²) >= 11 is 0. The van der Waals surface area contributed by atoms with Crippen LogP contribution in [0, 0.1) is 29.1 Å². The smallest absolute Gasteiger partial charge is 0.244 e. The van der Waals surface area contributed by atoms with Crippen LogP contribution in [-0.4, -0.2) is 11.8 Å². The van der Waals surface area contributed by atoms with Gasteiger partial charge in [0.15, 0.2) is 0 Å². The highest BCUT2D eigenvalue weighted by molar-refractivity contribution is 6.01. The highest BCUT2D eigenvalue weighted by Crippen LogP contribution is 2.37. The Morgan fingerprint density at radius 3 is 2.64 bits per heavy atom. The number of amides is 2. The predicted octanol–water partition coefficient (Wildman–Crippen LogP) is 0.589. The Morgan fingerprint density at radius 2 is 1.93 bits per heavy atom. The standard InChI is InChI=1S/C10H12N2O2/c11-5-8-6-3-1-2-4-7(6)9(13)12-10(8)14/h6-8H,1-4H2,(H,12,13,14). The first-order valence-corrected chi connectivity index (χ1v) is 4.98. The molecule has 3 atom stereocenters. The van der Waals surface area contributed by atoms with Crippen LogP contribution in [0.4, 0.5) is 0 Å². The number of nitrogens with one attached hydrogen (secondary N) is 1. The second kappa shape index (κ2) is 3.41. The second-order valence-corrected chi connectivity index (χ2v) is 4.02. The summed E-state index contributed by atoms with van der Waals surface area (Å²) in [6.45, 7) is 0. The quantitative estimate of drug-likeness (QED) is 0.571. The summed E-state index contributed by atoms with van der Waals surface area (Å²) in [5, 5.41) is 11.1. The summed E-state index contributed by atoms with van der Waals surface area (Å²) in [6, 6.07) is 2.01. The van der Waals surface area contributed by atoms with Gasteiger partial charge in [-0.2, -0.15) is 5.26 Å².